The summed E-state index contributed by atoms with van der Waals surface area (Å²) in [6.07, 6.45) is 3.91. The van der Waals surface area contributed by atoms with Crippen molar-refractivity contribution in [2.45, 2.75) is 66.3 Å². The Hall–Kier alpha value is -1.84. The maximum atomic E-state index is 6.04. The number of ether oxygens (including phenoxy) is 1. The Kier molecular flexibility index (Phi) is 6.03. The smallest absolute Gasteiger partial charge is 0.123 e. The molecule has 0 N–H and O–H groups in total. The molecule has 4 heteroatoms. The van der Waals surface area contributed by atoms with Crippen molar-refractivity contribution in [3.63, 3.8) is 0 Å². The van der Waals surface area contributed by atoms with E-state index in [4.69, 9.17) is 4.74 Å². The van der Waals surface area contributed by atoms with Gasteiger partial charge in [-0.2, -0.15) is 0 Å². The summed E-state index contributed by atoms with van der Waals surface area (Å²) in [6.45, 7) is 14.8. The summed E-state index contributed by atoms with van der Waals surface area (Å²) in [5.41, 5.74) is 3.71. The second-order valence-corrected chi connectivity index (χ2v) is 7.85. The molecule has 0 saturated carbocycles. The van der Waals surface area contributed by atoms with E-state index in [1.807, 2.05) is 10.9 Å². The van der Waals surface area contributed by atoms with Crippen molar-refractivity contribution in [1.29, 1.82) is 0 Å². The first-order chi connectivity index (χ1) is 11.3. The topological polar surface area (TPSA) is 39.9 Å². The number of rotatable bonds is 7. The van der Waals surface area contributed by atoms with Crippen LogP contribution in [0, 0.1) is 5.92 Å². The summed E-state index contributed by atoms with van der Waals surface area (Å²) in [6, 6.07) is 6.59. The third-order valence-electron chi connectivity index (χ3n) is 4.00. The van der Waals surface area contributed by atoms with Gasteiger partial charge in [0.15, 0.2) is 0 Å². The SMILES string of the molecule is CCn1cc(CCc2ccc(OCC(C)C)c(C(C)(C)C)c2)nn1. The largest absolute Gasteiger partial charge is 0.493 e. The second kappa shape index (κ2) is 7.82. The van der Waals surface area contributed by atoms with Crippen LogP contribution in [0.2, 0.25) is 0 Å². The van der Waals surface area contributed by atoms with E-state index in [0.717, 1.165) is 37.4 Å². The molecule has 0 radical (unpaired) electrons. The molecule has 2 aromatic rings. The van der Waals surface area contributed by atoms with Crippen LogP contribution in [0.4, 0.5) is 0 Å². The lowest BCUT2D eigenvalue weighted by Gasteiger charge is -2.24. The standard InChI is InChI=1S/C20H31N3O/c1-7-23-13-17(21-22-23)10-8-16-9-11-19(24-14-15(2)3)18(12-16)20(4,5)6/h9,11-13,15H,7-8,10,14H2,1-6H3. The molecule has 132 valence electrons. The van der Waals surface area contributed by atoms with Crippen LogP contribution in [0.5, 0.6) is 5.75 Å². The van der Waals surface area contributed by atoms with Gasteiger partial charge >= 0.3 is 0 Å². The van der Waals surface area contributed by atoms with Crippen LogP contribution >= 0.6 is 0 Å². The lowest BCUT2D eigenvalue weighted by molar-refractivity contribution is 0.265. The average molecular weight is 329 g/mol. The fraction of sp³-hybridized carbons (Fsp3) is 0.600. The zero-order chi connectivity index (χ0) is 17.7. The minimum absolute atomic E-state index is 0.0632. The summed E-state index contributed by atoms with van der Waals surface area (Å²) in [5.74, 6) is 1.54. The predicted octanol–water partition coefficient (Wildman–Crippen LogP) is 4.42. The molecule has 0 saturated heterocycles. The fourth-order valence-corrected chi connectivity index (χ4v) is 2.58. The van der Waals surface area contributed by atoms with Crippen LogP contribution in [-0.2, 0) is 24.8 Å². The lowest BCUT2D eigenvalue weighted by Crippen LogP contribution is -2.15. The number of hydrogen-bond acceptors (Lipinski definition) is 3. The Morgan fingerprint density at radius 3 is 2.50 bits per heavy atom. The molecule has 0 bridgehead atoms. The molecule has 0 amide bonds. The van der Waals surface area contributed by atoms with Gasteiger partial charge in [-0.1, -0.05) is 52.0 Å². The molecule has 1 aromatic carbocycles. The molecule has 0 aliphatic rings. The Balaban J connectivity index is 2.13. The number of nitrogens with zero attached hydrogens (tertiary/aromatic N) is 3. The highest BCUT2D eigenvalue weighted by Gasteiger charge is 2.20. The fourth-order valence-electron chi connectivity index (χ4n) is 2.58. The number of hydrogen-bond donors (Lipinski definition) is 0. The maximum absolute atomic E-state index is 6.04. The number of aryl methyl sites for hydroxylation is 3. The van der Waals surface area contributed by atoms with Crippen LogP contribution in [0.25, 0.3) is 0 Å². The van der Waals surface area contributed by atoms with E-state index in [9.17, 15) is 0 Å². The molecule has 1 aromatic heterocycles. The van der Waals surface area contributed by atoms with Gasteiger partial charge in [0.05, 0.1) is 12.3 Å². The third-order valence-corrected chi connectivity index (χ3v) is 4.00. The normalized spacial score (nSPS) is 12.0. The van der Waals surface area contributed by atoms with Gasteiger partial charge in [-0.3, -0.25) is 4.68 Å². The van der Waals surface area contributed by atoms with Gasteiger partial charge in [0.2, 0.25) is 0 Å². The Labute approximate surface area is 146 Å². The first-order valence-electron chi connectivity index (χ1n) is 8.94. The molecule has 0 aliphatic heterocycles. The second-order valence-electron chi connectivity index (χ2n) is 7.85. The van der Waals surface area contributed by atoms with Crippen molar-refractivity contribution in [3.8, 4) is 5.75 Å². The molecular formula is C20H31N3O. The molecule has 0 spiro atoms. The Morgan fingerprint density at radius 2 is 1.92 bits per heavy atom. The van der Waals surface area contributed by atoms with Crippen LogP contribution in [0.15, 0.2) is 24.4 Å². The summed E-state index contributed by atoms with van der Waals surface area (Å²) in [5, 5.41) is 8.33. The van der Waals surface area contributed by atoms with Gasteiger partial charge in [-0.15, -0.1) is 5.10 Å². The van der Waals surface area contributed by atoms with Crippen molar-refractivity contribution in [2.75, 3.05) is 6.61 Å². The van der Waals surface area contributed by atoms with Crippen molar-refractivity contribution in [3.05, 3.63) is 41.2 Å². The molecule has 0 aliphatic carbocycles. The highest BCUT2D eigenvalue weighted by molar-refractivity contribution is 5.41. The summed E-state index contributed by atoms with van der Waals surface area (Å²) in [7, 11) is 0. The highest BCUT2D eigenvalue weighted by atomic mass is 16.5. The van der Waals surface area contributed by atoms with E-state index < -0.39 is 0 Å². The zero-order valence-electron chi connectivity index (χ0n) is 16.0. The van der Waals surface area contributed by atoms with Gasteiger partial charge in [-0.25, -0.2) is 0 Å². The summed E-state index contributed by atoms with van der Waals surface area (Å²) < 4.78 is 7.91. The van der Waals surface area contributed by atoms with Gasteiger partial charge < -0.3 is 4.74 Å². The van der Waals surface area contributed by atoms with Gasteiger partial charge in [0, 0.05) is 12.7 Å². The minimum Gasteiger partial charge on any atom is -0.493 e. The molecule has 0 fully saturated rings. The van der Waals surface area contributed by atoms with E-state index in [2.05, 4.69) is 70.1 Å². The lowest BCUT2D eigenvalue weighted by atomic mass is 9.85. The van der Waals surface area contributed by atoms with E-state index >= 15 is 0 Å². The van der Waals surface area contributed by atoms with E-state index in [1.54, 1.807) is 0 Å². The van der Waals surface area contributed by atoms with E-state index in [-0.39, 0.29) is 5.41 Å². The number of aromatic nitrogens is 3. The molecular weight excluding hydrogens is 298 g/mol. The Morgan fingerprint density at radius 1 is 1.17 bits per heavy atom. The zero-order valence-corrected chi connectivity index (χ0v) is 16.0. The average Bonchev–Trinajstić information content (AvgIpc) is 2.98. The van der Waals surface area contributed by atoms with Crippen LogP contribution in [0.3, 0.4) is 0 Å². The molecule has 1 heterocycles. The van der Waals surface area contributed by atoms with Crippen molar-refractivity contribution in [2.24, 2.45) is 5.92 Å². The molecule has 0 atom stereocenters. The number of benzene rings is 1. The monoisotopic (exact) mass is 329 g/mol. The van der Waals surface area contributed by atoms with Gasteiger partial charge in [-0.05, 0) is 48.3 Å². The minimum atomic E-state index is 0.0632. The predicted molar refractivity (Wildman–Crippen MR) is 98.6 cm³/mol. The molecule has 24 heavy (non-hydrogen) atoms. The molecule has 2 rings (SSSR count). The highest BCUT2D eigenvalue weighted by Crippen LogP contribution is 2.32. The first kappa shape index (κ1) is 18.5. The van der Waals surface area contributed by atoms with Crippen molar-refractivity contribution >= 4 is 0 Å². The van der Waals surface area contributed by atoms with Crippen LogP contribution < -0.4 is 4.74 Å². The first-order valence-corrected chi connectivity index (χ1v) is 8.94. The van der Waals surface area contributed by atoms with Crippen molar-refractivity contribution in [1.82, 2.24) is 15.0 Å². The molecule has 0 unspecified atom stereocenters. The van der Waals surface area contributed by atoms with Crippen LogP contribution in [0.1, 0.15) is 58.4 Å². The van der Waals surface area contributed by atoms with Gasteiger partial charge in [0.25, 0.3) is 0 Å². The summed E-state index contributed by atoms with van der Waals surface area (Å²) in [4.78, 5) is 0. The van der Waals surface area contributed by atoms with Crippen molar-refractivity contribution < 1.29 is 4.74 Å². The summed E-state index contributed by atoms with van der Waals surface area (Å²) >= 11 is 0. The van der Waals surface area contributed by atoms with E-state index in [0.29, 0.717) is 5.92 Å². The molecule has 4 nitrogen and oxygen atoms in total. The third kappa shape index (κ3) is 5.08. The Bertz CT molecular complexity index is 653. The van der Waals surface area contributed by atoms with E-state index in [1.165, 1.54) is 11.1 Å². The van der Waals surface area contributed by atoms with Gasteiger partial charge in [0.1, 0.15) is 5.75 Å². The maximum Gasteiger partial charge on any atom is 0.123 e. The quantitative estimate of drug-likeness (QED) is 0.755. The van der Waals surface area contributed by atoms with Crippen LogP contribution in [-0.4, -0.2) is 21.6 Å².